The van der Waals surface area contributed by atoms with E-state index in [1.165, 1.54) is 16.6 Å². The number of H-pyrrole nitrogens is 1. The first kappa shape index (κ1) is 18.3. The highest BCUT2D eigenvalue weighted by molar-refractivity contribution is 7.98. The number of rotatable bonds is 6. The van der Waals surface area contributed by atoms with Gasteiger partial charge in [0.1, 0.15) is 10.5 Å². The molecule has 0 aliphatic rings. The zero-order valence-electron chi connectivity index (χ0n) is 15.7. The van der Waals surface area contributed by atoms with Crippen molar-refractivity contribution < 1.29 is 0 Å². The topological polar surface area (TPSA) is 63.1 Å². The Hall–Kier alpha value is -2.12. The van der Waals surface area contributed by atoms with E-state index in [4.69, 9.17) is 4.98 Å². The molecule has 1 atom stereocenters. The fraction of sp³-hybridized carbons (Fsp3) is 0.350. The van der Waals surface area contributed by atoms with Crippen LogP contribution in [0.5, 0.6) is 0 Å². The number of aromatic nitrogens is 4. The summed E-state index contributed by atoms with van der Waals surface area (Å²) in [5, 5.41) is 1.43. The Morgan fingerprint density at radius 2 is 2.19 bits per heavy atom. The molecule has 0 fully saturated rings. The molecule has 0 spiro atoms. The molecule has 0 radical (unpaired) electrons. The van der Waals surface area contributed by atoms with Gasteiger partial charge in [0, 0.05) is 23.0 Å². The summed E-state index contributed by atoms with van der Waals surface area (Å²) < 4.78 is 2.00. The van der Waals surface area contributed by atoms with Gasteiger partial charge < -0.3 is 9.38 Å². The van der Waals surface area contributed by atoms with E-state index in [0.29, 0.717) is 16.8 Å². The third kappa shape index (κ3) is 3.66. The predicted octanol–water partition coefficient (Wildman–Crippen LogP) is 4.82. The minimum absolute atomic E-state index is 0.0276. The second-order valence-electron chi connectivity index (χ2n) is 6.89. The van der Waals surface area contributed by atoms with Gasteiger partial charge in [0.05, 0.1) is 11.1 Å². The summed E-state index contributed by atoms with van der Waals surface area (Å²) in [4.78, 5) is 27.0. The Morgan fingerprint density at radius 3 is 2.96 bits per heavy atom. The fourth-order valence-electron chi connectivity index (χ4n) is 3.16. The maximum atomic E-state index is 12.7. The van der Waals surface area contributed by atoms with Crippen molar-refractivity contribution in [2.24, 2.45) is 5.92 Å². The molecule has 0 aromatic carbocycles. The molecule has 4 aromatic rings. The zero-order chi connectivity index (χ0) is 19.0. The standard InChI is InChI=1S/C20H22N4OS2/c1-4-12(2)9-15-13(3)27-19-17(15)18(25)22-20(23-19)26-11-14-10-24-8-6-5-7-16(24)21-14/h5-8,10,12H,4,9,11H2,1-3H3,(H,22,23,25)/t12-/m1/s1. The number of fused-ring (bicyclic) bond motifs is 2. The number of hydrogen-bond donors (Lipinski definition) is 1. The van der Waals surface area contributed by atoms with E-state index in [1.807, 2.05) is 35.0 Å². The molecule has 0 aliphatic carbocycles. The van der Waals surface area contributed by atoms with Gasteiger partial charge in [-0.15, -0.1) is 11.3 Å². The summed E-state index contributed by atoms with van der Waals surface area (Å²) in [5.74, 6) is 1.23. The molecule has 0 bridgehead atoms. The summed E-state index contributed by atoms with van der Waals surface area (Å²) in [5.41, 5.74) is 3.03. The summed E-state index contributed by atoms with van der Waals surface area (Å²) in [7, 11) is 0. The molecule has 7 heteroatoms. The SMILES string of the molecule is CC[C@@H](C)Cc1c(C)sc2nc(SCc3cn4ccccc4n3)[nH]c(=O)c12. The Morgan fingerprint density at radius 1 is 1.33 bits per heavy atom. The second kappa shape index (κ2) is 7.48. The molecular formula is C20H22N4OS2. The first-order valence-corrected chi connectivity index (χ1v) is 10.9. The molecule has 5 nitrogen and oxygen atoms in total. The molecule has 4 heterocycles. The molecule has 0 aliphatic heterocycles. The lowest BCUT2D eigenvalue weighted by Gasteiger charge is -2.08. The minimum Gasteiger partial charge on any atom is -0.307 e. The largest absolute Gasteiger partial charge is 0.307 e. The van der Waals surface area contributed by atoms with Crippen LogP contribution in [0.2, 0.25) is 0 Å². The lowest BCUT2D eigenvalue weighted by Crippen LogP contribution is -2.11. The van der Waals surface area contributed by atoms with Crippen molar-refractivity contribution in [1.82, 2.24) is 19.4 Å². The van der Waals surface area contributed by atoms with Crippen molar-refractivity contribution in [2.75, 3.05) is 0 Å². The predicted molar refractivity (Wildman–Crippen MR) is 113 cm³/mol. The van der Waals surface area contributed by atoms with Crippen LogP contribution in [0.15, 0.2) is 40.5 Å². The van der Waals surface area contributed by atoms with Crippen LogP contribution in [0.4, 0.5) is 0 Å². The Balaban J connectivity index is 1.60. The van der Waals surface area contributed by atoms with Crippen molar-refractivity contribution in [3.05, 3.63) is 57.1 Å². The quantitative estimate of drug-likeness (QED) is 0.373. The van der Waals surface area contributed by atoms with E-state index in [9.17, 15) is 4.79 Å². The molecule has 0 amide bonds. The average molecular weight is 399 g/mol. The molecule has 4 rings (SSSR count). The van der Waals surface area contributed by atoms with Crippen molar-refractivity contribution in [3.63, 3.8) is 0 Å². The van der Waals surface area contributed by atoms with Crippen molar-refractivity contribution in [2.45, 2.75) is 44.5 Å². The lowest BCUT2D eigenvalue weighted by molar-refractivity contribution is 0.561. The van der Waals surface area contributed by atoms with Gasteiger partial charge in [-0.2, -0.15) is 0 Å². The van der Waals surface area contributed by atoms with E-state index >= 15 is 0 Å². The molecule has 0 saturated heterocycles. The maximum Gasteiger partial charge on any atom is 0.260 e. The number of aromatic amines is 1. The van der Waals surface area contributed by atoms with E-state index in [2.05, 4.69) is 30.7 Å². The zero-order valence-corrected chi connectivity index (χ0v) is 17.3. The van der Waals surface area contributed by atoms with Crippen LogP contribution in [0.25, 0.3) is 15.9 Å². The average Bonchev–Trinajstić information content (AvgIpc) is 3.20. The number of aryl methyl sites for hydroxylation is 1. The normalized spacial score (nSPS) is 12.9. The number of imidazole rings is 1. The molecule has 0 saturated carbocycles. The maximum absolute atomic E-state index is 12.7. The highest BCUT2D eigenvalue weighted by atomic mass is 32.2. The Kier molecular flexibility index (Phi) is 5.06. The second-order valence-corrected chi connectivity index (χ2v) is 9.06. The van der Waals surface area contributed by atoms with Crippen molar-refractivity contribution >= 4 is 39.0 Å². The number of hydrogen-bond acceptors (Lipinski definition) is 5. The summed E-state index contributed by atoms with van der Waals surface area (Å²) in [6.45, 7) is 6.50. The van der Waals surface area contributed by atoms with Crippen LogP contribution in [-0.4, -0.2) is 19.4 Å². The van der Waals surface area contributed by atoms with Crippen molar-refractivity contribution in [3.8, 4) is 0 Å². The molecule has 4 aromatic heterocycles. The molecule has 27 heavy (non-hydrogen) atoms. The lowest BCUT2D eigenvalue weighted by atomic mass is 9.98. The highest BCUT2D eigenvalue weighted by Gasteiger charge is 2.17. The van der Waals surface area contributed by atoms with Crippen LogP contribution in [0.1, 0.15) is 36.4 Å². The van der Waals surface area contributed by atoms with Crippen LogP contribution in [0, 0.1) is 12.8 Å². The fourth-order valence-corrected chi connectivity index (χ4v) is 5.02. The first-order valence-electron chi connectivity index (χ1n) is 9.13. The van der Waals surface area contributed by atoms with E-state index < -0.39 is 0 Å². The summed E-state index contributed by atoms with van der Waals surface area (Å²) in [6, 6.07) is 5.94. The van der Waals surface area contributed by atoms with Gasteiger partial charge >= 0.3 is 0 Å². The first-order chi connectivity index (χ1) is 13.0. The third-order valence-corrected chi connectivity index (χ3v) is 6.81. The Bertz CT molecular complexity index is 1120. The van der Waals surface area contributed by atoms with Gasteiger partial charge in [0.25, 0.3) is 5.56 Å². The van der Waals surface area contributed by atoms with Crippen LogP contribution < -0.4 is 5.56 Å². The van der Waals surface area contributed by atoms with Crippen LogP contribution in [-0.2, 0) is 12.2 Å². The minimum atomic E-state index is -0.0276. The number of nitrogens with zero attached hydrogens (tertiary/aromatic N) is 3. The van der Waals surface area contributed by atoms with Gasteiger partial charge in [-0.1, -0.05) is 38.1 Å². The number of thiophene rings is 1. The molecule has 140 valence electrons. The Labute approximate surface area is 165 Å². The number of nitrogens with one attached hydrogen (secondary N) is 1. The third-order valence-electron chi connectivity index (χ3n) is 4.86. The van der Waals surface area contributed by atoms with E-state index in [1.54, 1.807) is 11.3 Å². The number of thioether (sulfide) groups is 1. The van der Waals surface area contributed by atoms with Gasteiger partial charge in [-0.25, -0.2) is 9.97 Å². The van der Waals surface area contributed by atoms with E-state index in [-0.39, 0.29) is 5.56 Å². The monoisotopic (exact) mass is 398 g/mol. The summed E-state index contributed by atoms with van der Waals surface area (Å²) in [6.07, 6.45) is 6.03. The van der Waals surface area contributed by atoms with Gasteiger partial charge in [0.2, 0.25) is 0 Å². The number of pyridine rings is 1. The van der Waals surface area contributed by atoms with Crippen molar-refractivity contribution in [1.29, 1.82) is 0 Å². The smallest absolute Gasteiger partial charge is 0.260 e. The molecule has 0 unspecified atom stereocenters. The van der Waals surface area contributed by atoms with Crippen LogP contribution in [0.3, 0.4) is 0 Å². The molecule has 1 N–H and O–H groups in total. The summed E-state index contributed by atoms with van der Waals surface area (Å²) >= 11 is 3.14. The van der Waals surface area contributed by atoms with Crippen LogP contribution >= 0.6 is 23.1 Å². The van der Waals surface area contributed by atoms with Gasteiger partial charge in [-0.05, 0) is 37.0 Å². The van der Waals surface area contributed by atoms with E-state index in [0.717, 1.165) is 40.0 Å². The highest BCUT2D eigenvalue weighted by Crippen LogP contribution is 2.31. The van der Waals surface area contributed by atoms with Gasteiger partial charge in [0.15, 0.2) is 5.16 Å². The molecular weight excluding hydrogens is 376 g/mol. The van der Waals surface area contributed by atoms with Gasteiger partial charge in [-0.3, -0.25) is 4.79 Å².